The lowest BCUT2D eigenvalue weighted by atomic mass is 10.1. The summed E-state index contributed by atoms with van der Waals surface area (Å²) >= 11 is 5.89. The molecule has 9 heteroatoms. The van der Waals surface area contributed by atoms with Crippen LogP contribution in [0.15, 0.2) is 42.5 Å². The topological polar surface area (TPSA) is 115 Å². The Morgan fingerprint density at radius 1 is 1.05 bits per heavy atom. The molecule has 0 atom stereocenters. The minimum Gasteiger partial charge on any atom is -0.320 e. The van der Waals surface area contributed by atoms with Crippen molar-refractivity contribution in [2.45, 2.75) is 0 Å². The molecule has 0 aliphatic carbocycles. The molecule has 0 aliphatic rings. The maximum atomic E-state index is 12.1. The van der Waals surface area contributed by atoms with Gasteiger partial charge in [0, 0.05) is 6.07 Å². The molecule has 0 unspecified atom stereocenters. The van der Waals surface area contributed by atoms with E-state index >= 15 is 0 Å². The van der Waals surface area contributed by atoms with Gasteiger partial charge in [0.15, 0.2) is 0 Å². The first kappa shape index (κ1) is 15.4. The number of anilines is 1. The second-order valence-electron chi connectivity index (χ2n) is 4.15. The van der Waals surface area contributed by atoms with Gasteiger partial charge in [0.25, 0.3) is 17.3 Å². The third-order valence-electron chi connectivity index (χ3n) is 2.76. The van der Waals surface area contributed by atoms with Gasteiger partial charge in [-0.1, -0.05) is 23.7 Å². The number of halogens is 1. The van der Waals surface area contributed by atoms with Crippen molar-refractivity contribution in [2.24, 2.45) is 0 Å². The third kappa shape index (κ3) is 3.18. The van der Waals surface area contributed by atoms with Crippen molar-refractivity contribution in [2.75, 3.05) is 5.32 Å². The van der Waals surface area contributed by atoms with E-state index in [0.29, 0.717) is 0 Å². The molecule has 8 nitrogen and oxygen atoms in total. The molecule has 112 valence electrons. The molecule has 0 heterocycles. The zero-order valence-electron chi connectivity index (χ0n) is 10.9. The number of hydrogen-bond acceptors (Lipinski definition) is 5. The number of nitro benzene ring substituents is 2. The molecule has 0 saturated heterocycles. The van der Waals surface area contributed by atoms with E-state index in [-0.39, 0.29) is 16.3 Å². The largest absolute Gasteiger partial charge is 0.320 e. The van der Waals surface area contributed by atoms with Gasteiger partial charge >= 0.3 is 0 Å². The van der Waals surface area contributed by atoms with E-state index in [1.54, 1.807) is 18.2 Å². The highest BCUT2D eigenvalue weighted by Crippen LogP contribution is 2.27. The van der Waals surface area contributed by atoms with E-state index in [4.69, 9.17) is 11.6 Å². The van der Waals surface area contributed by atoms with E-state index in [1.807, 2.05) is 0 Å². The quantitative estimate of drug-likeness (QED) is 0.684. The number of para-hydroxylation sites is 1. The molecule has 2 aromatic carbocycles. The first-order valence-electron chi connectivity index (χ1n) is 5.89. The Morgan fingerprint density at radius 2 is 1.73 bits per heavy atom. The number of rotatable bonds is 4. The van der Waals surface area contributed by atoms with Crippen LogP contribution in [0.3, 0.4) is 0 Å². The van der Waals surface area contributed by atoms with Gasteiger partial charge in [-0.25, -0.2) is 0 Å². The summed E-state index contributed by atoms with van der Waals surface area (Å²) in [6.07, 6.45) is 0. The highest BCUT2D eigenvalue weighted by Gasteiger charge is 2.24. The SMILES string of the molecule is O=C(Nc1ccccc1Cl)c1ccc([N+](=O)[O-])cc1[N+](=O)[O-]. The van der Waals surface area contributed by atoms with Gasteiger partial charge in [-0.3, -0.25) is 25.0 Å². The minimum absolute atomic E-state index is 0.264. The Kier molecular flexibility index (Phi) is 4.33. The van der Waals surface area contributed by atoms with E-state index in [1.165, 1.54) is 6.07 Å². The van der Waals surface area contributed by atoms with Crippen molar-refractivity contribution in [3.05, 3.63) is 73.3 Å². The van der Waals surface area contributed by atoms with Crippen LogP contribution in [0, 0.1) is 20.2 Å². The number of nitrogens with zero attached hydrogens (tertiary/aromatic N) is 2. The zero-order valence-corrected chi connectivity index (χ0v) is 11.6. The minimum atomic E-state index is -0.853. The maximum Gasteiger partial charge on any atom is 0.289 e. The van der Waals surface area contributed by atoms with Crippen molar-refractivity contribution < 1.29 is 14.6 Å². The first-order chi connectivity index (χ1) is 10.4. The highest BCUT2D eigenvalue weighted by atomic mass is 35.5. The molecule has 0 radical (unpaired) electrons. The van der Waals surface area contributed by atoms with Crippen LogP contribution in [0.2, 0.25) is 5.02 Å². The monoisotopic (exact) mass is 321 g/mol. The second-order valence-corrected chi connectivity index (χ2v) is 4.56. The lowest BCUT2D eigenvalue weighted by Gasteiger charge is -2.07. The van der Waals surface area contributed by atoms with Gasteiger partial charge < -0.3 is 5.32 Å². The number of benzene rings is 2. The molecule has 0 bridgehead atoms. The second kappa shape index (κ2) is 6.19. The number of carbonyl (C=O) groups is 1. The van der Waals surface area contributed by atoms with E-state index < -0.39 is 27.1 Å². The summed E-state index contributed by atoms with van der Waals surface area (Å²) in [5.41, 5.74) is -1.14. The van der Waals surface area contributed by atoms with Gasteiger partial charge in [-0.2, -0.15) is 0 Å². The Bertz CT molecular complexity index is 778. The van der Waals surface area contributed by atoms with Gasteiger partial charge in [0.05, 0.1) is 26.6 Å². The maximum absolute atomic E-state index is 12.1. The molecule has 1 amide bonds. The van der Waals surface area contributed by atoms with E-state index in [2.05, 4.69) is 5.32 Å². The first-order valence-corrected chi connectivity index (χ1v) is 6.26. The third-order valence-corrected chi connectivity index (χ3v) is 3.09. The van der Waals surface area contributed by atoms with Crippen LogP contribution in [0.4, 0.5) is 17.1 Å². The van der Waals surface area contributed by atoms with E-state index in [9.17, 15) is 25.0 Å². The summed E-state index contributed by atoms with van der Waals surface area (Å²) in [6, 6.07) is 9.15. The number of amides is 1. The average molecular weight is 322 g/mol. The van der Waals surface area contributed by atoms with Crippen molar-refractivity contribution in [3.63, 3.8) is 0 Å². The highest BCUT2D eigenvalue weighted by molar-refractivity contribution is 6.34. The summed E-state index contributed by atoms with van der Waals surface area (Å²) in [5.74, 6) is -0.783. The fraction of sp³-hybridized carbons (Fsp3) is 0. The standard InChI is InChI=1S/C13H8ClN3O5/c14-10-3-1-2-4-11(10)15-13(18)9-6-5-8(16(19)20)7-12(9)17(21)22/h1-7H,(H,15,18). The number of nitro groups is 2. The average Bonchev–Trinajstić information content (AvgIpc) is 2.48. The molecule has 0 fully saturated rings. The molecule has 22 heavy (non-hydrogen) atoms. The summed E-state index contributed by atoms with van der Waals surface area (Å²) in [4.78, 5) is 32.2. The summed E-state index contributed by atoms with van der Waals surface area (Å²) in [5, 5.41) is 24.3. The van der Waals surface area contributed by atoms with Crippen LogP contribution in [0.5, 0.6) is 0 Å². The van der Waals surface area contributed by atoms with Crippen molar-refractivity contribution >= 4 is 34.6 Å². The van der Waals surface area contributed by atoms with E-state index in [0.717, 1.165) is 18.2 Å². The van der Waals surface area contributed by atoms with Crippen LogP contribution in [-0.4, -0.2) is 15.8 Å². The Labute approximate surface area is 128 Å². The molecule has 0 spiro atoms. The fourth-order valence-electron chi connectivity index (χ4n) is 1.73. The number of non-ortho nitro benzene ring substituents is 1. The number of hydrogen-bond donors (Lipinski definition) is 1. The van der Waals surface area contributed by atoms with Crippen molar-refractivity contribution in [1.82, 2.24) is 0 Å². The predicted octanol–water partition coefficient (Wildman–Crippen LogP) is 3.41. The molecule has 2 rings (SSSR count). The Morgan fingerprint density at radius 3 is 2.32 bits per heavy atom. The zero-order chi connectivity index (χ0) is 16.3. The predicted molar refractivity (Wildman–Crippen MR) is 79.2 cm³/mol. The van der Waals surface area contributed by atoms with Crippen LogP contribution in [0.1, 0.15) is 10.4 Å². The van der Waals surface area contributed by atoms with Gasteiger partial charge in [0.1, 0.15) is 5.56 Å². The van der Waals surface area contributed by atoms with Crippen LogP contribution in [0.25, 0.3) is 0 Å². The van der Waals surface area contributed by atoms with Crippen molar-refractivity contribution in [3.8, 4) is 0 Å². The lowest BCUT2D eigenvalue weighted by molar-refractivity contribution is -0.394. The Balaban J connectivity index is 2.39. The number of nitrogens with one attached hydrogen (secondary N) is 1. The molecule has 1 N–H and O–H groups in total. The molecule has 2 aromatic rings. The Hall–Kier alpha value is -3.00. The molecular formula is C13H8ClN3O5. The smallest absolute Gasteiger partial charge is 0.289 e. The van der Waals surface area contributed by atoms with Gasteiger partial charge in [-0.05, 0) is 18.2 Å². The molecular weight excluding hydrogens is 314 g/mol. The number of carbonyl (C=O) groups excluding carboxylic acids is 1. The fourth-order valence-corrected chi connectivity index (χ4v) is 1.91. The summed E-state index contributed by atoms with van der Waals surface area (Å²) in [7, 11) is 0. The van der Waals surface area contributed by atoms with Crippen LogP contribution >= 0.6 is 11.6 Å². The molecule has 0 saturated carbocycles. The summed E-state index contributed by atoms with van der Waals surface area (Å²) in [6.45, 7) is 0. The van der Waals surface area contributed by atoms with Crippen molar-refractivity contribution in [1.29, 1.82) is 0 Å². The van der Waals surface area contributed by atoms with Crippen LogP contribution < -0.4 is 5.32 Å². The molecule has 0 aliphatic heterocycles. The molecule has 0 aromatic heterocycles. The van der Waals surface area contributed by atoms with Crippen LogP contribution in [-0.2, 0) is 0 Å². The lowest BCUT2D eigenvalue weighted by Crippen LogP contribution is -2.14. The summed E-state index contributed by atoms with van der Waals surface area (Å²) < 4.78 is 0. The normalized spacial score (nSPS) is 10.0. The van der Waals surface area contributed by atoms with Gasteiger partial charge in [0.2, 0.25) is 0 Å². The van der Waals surface area contributed by atoms with Gasteiger partial charge in [-0.15, -0.1) is 0 Å².